The van der Waals surface area contributed by atoms with Crippen molar-refractivity contribution in [2.24, 2.45) is 0 Å². The van der Waals surface area contributed by atoms with Gasteiger partial charge in [-0.3, -0.25) is 14.4 Å². The molecule has 1 aromatic heterocycles. The SMILES string of the molecule is CC(=O)c1ccc(NC(=O)CNC(=O)c2ccc(Br)o2)cc1. The van der Waals surface area contributed by atoms with Gasteiger partial charge in [-0.25, -0.2) is 0 Å². The quantitative estimate of drug-likeness (QED) is 0.798. The average Bonchev–Trinajstić information content (AvgIpc) is 2.92. The van der Waals surface area contributed by atoms with Crippen LogP contribution < -0.4 is 10.6 Å². The van der Waals surface area contributed by atoms with E-state index in [-0.39, 0.29) is 24.0 Å². The van der Waals surface area contributed by atoms with E-state index in [9.17, 15) is 14.4 Å². The number of amides is 2. The smallest absolute Gasteiger partial charge is 0.287 e. The third kappa shape index (κ3) is 4.29. The molecule has 0 saturated carbocycles. The zero-order chi connectivity index (χ0) is 16.1. The Morgan fingerprint density at radius 3 is 2.32 bits per heavy atom. The van der Waals surface area contributed by atoms with Crippen LogP contribution in [0.5, 0.6) is 0 Å². The predicted molar refractivity (Wildman–Crippen MR) is 83.8 cm³/mol. The highest BCUT2D eigenvalue weighted by Crippen LogP contribution is 2.13. The van der Waals surface area contributed by atoms with E-state index < -0.39 is 5.91 Å². The maximum absolute atomic E-state index is 11.7. The Balaban J connectivity index is 1.85. The van der Waals surface area contributed by atoms with Crippen LogP contribution in [-0.4, -0.2) is 24.1 Å². The maximum atomic E-state index is 11.7. The molecule has 0 fully saturated rings. The molecule has 0 radical (unpaired) electrons. The number of rotatable bonds is 5. The van der Waals surface area contributed by atoms with Crippen LogP contribution in [0.4, 0.5) is 5.69 Å². The van der Waals surface area contributed by atoms with Gasteiger partial charge >= 0.3 is 0 Å². The highest BCUT2D eigenvalue weighted by Gasteiger charge is 2.12. The van der Waals surface area contributed by atoms with Crippen LogP contribution in [0, 0.1) is 0 Å². The minimum absolute atomic E-state index is 0.0465. The lowest BCUT2D eigenvalue weighted by molar-refractivity contribution is -0.115. The zero-order valence-electron chi connectivity index (χ0n) is 11.7. The number of Topliss-reactive ketones (excluding diaryl/α,β-unsaturated/α-hetero) is 1. The van der Waals surface area contributed by atoms with Gasteiger partial charge in [-0.2, -0.15) is 0 Å². The van der Waals surface area contributed by atoms with Gasteiger partial charge in [0.25, 0.3) is 5.91 Å². The molecule has 0 spiro atoms. The second-order valence-corrected chi connectivity index (χ2v) is 5.25. The van der Waals surface area contributed by atoms with Crippen LogP contribution in [0.25, 0.3) is 0 Å². The number of furan rings is 1. The maximum Gasteiger partial charge on any atom is 0.287 e. The summed E-state index contributed by atoms with van der Waals surface area (Å²) in [7, 11) is 0. The topological polar surface area (TPSA) is 88.4 Å². The molecule has 2 aromatic rings. The average molecular weight is 365 g/mol. The number of hydrogen-bond acceptors (Lipinski definition) is 4. The van der Waals surface area contributed by atoms with E-state index in [1.165, 1.54) is 13.0 Å². The van der Waals surface area contributed by atoms with E-state index in [4.69, 9.17) is 4.42 Å². The number of anilines is 1. The minimum Gasteiger partial charge on any atom is -0.444 e. The number of halogens is 1. The first kappa shape index (κ1) is 16.0. The van der Waals surface area contributed by atoms with Crippen molar-refractivity contribution >= 4 is 39.2 Å². The number of ketones is 1. The van der Waals surface area contributed by atoms with E-state index in [0.717, 1.165) is 0 Å². The molecular formula is C15H13BrN2O4. The summed E-state index contributed by atoms with van der Waals surface area (Å²) in [4.78, 5) is 34.6. The number of carbonyl (C=O) groups is 3. The molecule has 0 atom stereocenters. The molecule has 2 amide bonds. The summed E-state index contributed by atoms with van der Waals surface area (Å²) in [6.07, 6.45) is 0. The lowest BCUT2D eigenvalue weighted by atomic mass is 10.1. The van der Waals surface area contributed by atoms with E-state index in [1.54, 1.807) is 30.3 Å². The normalized spacial score (nSPS) is 10.1. The van der Waals surface area contributed by atoms with E-state index in [0.29, 0.717) is 15.9 Å². The second kappa shape index (κ2) is 7.04. The van der Waals surface area contributed by atoms with Gasteiger partial charge in [0.05, 0.1) is 6.54 Å². The molecular weight excluding hydrogens is 352 g/mol. The molecule has 2 rings (SSSR count). The Labute approximate surface area is 135 Å². The summed E-state index contributed by atoms with van der Waals surface area (Å²) in [5.41, 5.74) is 1.11. The van der Waals surface area contributed by atoms with Crippen molar-refractivity contribution in [3.8, 4) is 0 Å². The molecule has 0 aliphatic heterocycles. The summed E-state index contributed by atoms with van der Waals surface area (Å²) in [6.45, 7) is 1.28. The van der Waals surface area contributed by atoms with Crippen molar-refractivity contribution < 1.29 is 18.8 Å². The molecule has 1 heterocycles. The summed E-state index contributed by atoms with van der Waals surface area (Å²) >= 11 is 3.09. The molecule has 0 bridgehead atoms. The molecule has 1 aromatic carbocycles. The lowest BCUT2D eigenvalue weighted by Gasteiger charge is -2.06. The van der Waals surface area contributed by atoms with Gasteiger partial charge in [0.15, 0.2) is 16.2 Å². The Morgan fingerprint density at radius 1 is 1.09 bits per heavy atom. The van der Waals surface area contributed by atoms with Crippen molar-refractivity contribution in [3.63, 3.8) is 0 Å². The number of nitrogens with one attached hydrogen (secondary N) is 2. The molecule has 0 aliphatic rings. The molecule has 0 aliphatic carbocycles. The summed E-state index contributed by atoms with van der Waals surface area (Å²) in [6, 6.07) is 9.58. The highest BCUT2D eigenvalue weighted by atomic mass is 79.9. The van der Waals surface area contributed by atoms with Crippen molar-refractivity contribution in [1.82, 2.24) is 5.32 Å². The van der Waals surface area contributed by atoms with Crippen LogP contribution >= 0.6 is 15.9 Å². The zero-order valence-corrected chi connectivity index (χ0v) is 13.3. The van der Waals surface area contributed by atoms with Gasteiger partial charge in [0, 0.05) is 11.3 Å². The molecule has 2 N–H and O–H groups in total. The Kier molecular flexibility index (Phi) is 5.11. The van der Waals surface area contributed by atoms with Gasteiger partial charge in [0.1, 0.15) is 0 Å². The first-order chi connectivity index (χ1) is 10.5. The molecule has 114 valence electrons. The molecule has 0 saturated heterocycles. The fourth-order valence-corrected chi connectivity index (χ4v) is 1.98. The molecule has 7 heteroatoms. The van der Waals surface area contributed by atoms with Gasteiger partial charge in [-0.05, 0) is 59.3 Å². The van der Waals surface area contributed by atoms with Crippen LogP contribution in [0.1, 0.15) is 27.8 Å². The van der Waals surface area contributed by atoms with Gasteiger partial charge in [-0.1, -0.05) is 0 Å². The number of hydrogen-bond donors (Lipinski definition) is 2. The summed E-state index contributed by atoms with van der Waals surface area (Å²) < 4.78 is 5.51. The van der Waals surface area contributed by atoms with Crippen LogP contribution in [0.2, 0.25) is 0 Å². The van der Waals surface area contributed by atoms with E-state index in [1.807, 2.05) is 0 Å². The van der Waals surface area contributed by atoms with Gasteiger partial charge < -0.3 is 15.1 Å². The fourth-order valence-electron chi connectivity index (χ4n) is 1.68. The monoisotopic (exact) mass is 364 g/mol. The number of carbonyl (C=O) groups excluding carboxylic acids is 3. The second-order valence-electron chi connectivity index (χ2n) is 4.47. The first-order valence-electron chi connectivity index (χ1n) is 6.40. The Bertz CT molecular complexity index is 707. The van der Waals surface area contributed by atoms with Crippen molar-refractivity contribution in [2.45, 2.75) is 6.92 Å². The fraction of sp³-hybridized carbons (Fsp3) is 0.133. The molecule has 6 nitrogen and oxygen atoms in total. The predicted octanol–water partition coefficient (Wildman–Crippen LogP) is 2.61. The third-order valence-corrected chi connectivity index (χ3v) is 3.21. The third-order valence-electron chi connectivity index (χ3n) is 2.78. The largest absolute Gasteiger partial charge is 0.444 e. The van der Waals surface area contributed by atoms with Crippen molar-refractivity contribution in [1.29, 1.82) is 0 Å². The van der Waals surface area contributed by atoms with Gasteiger partial charge in [-0.15, -0.1) is 0 Å². The Morgan fingerprint density at radius 2 is 1.77 bits per heavy atom. The number of benzene rings is 1. The molecule has 0 unspecified atom stereocenters. The van der Waals surface area contributed by atoms with E-state index >= 15 is 0 Å². The van der Waals surface area contributed by atoms with Gasteiger partial charge in [0.2, 0.25) is 5.91 Å². The lowest BCUT2D eigenvalue weighted by Crippen LogP contribution is -2.32. The summed E-state index contributed by atoms with van der Waals surface area (Å²) in [5, 5.41) is 5.06. The van der Waals surface area contributed by atoms with Crippen LogP contribution in [-0.2, 0) is 4.79 Å². The van der Waals surface area contributed by atoms with Crippen LogP contribution in [0.3, 0.4) is 0 Å². The van der Waals surface area contributed by atoms with Crippen molar-refractivity contribution in [3.05, 3.63) is 52.4 Å². The Hall–Kier alpha value is -2.41. The van der Waals surface area contributed by atoms with E-state index in [2.05, 4.69) is 26.6 Å². The molecule has 22 heavy (non-hydrogen) atoms. The minimum atomic E-state index is -0.479. The summed E-state index contributed by atoms with van der Waals surface area (Å²) in [5.74, 6) is -0.789. The standard InChI is InChI=1S/C15H13BrN2O4/c1-9(19)10-2-4-11(5-3-10)18-14(20)8-17-15(21)12-6-7-13(16)22-12/h2-7H,8H2,1H3,(H,17,21)(H,18,20). The van der Waals surface area contributed by atoms with Crippen LogP contribution in [0.15, 0.2) is 45.5 Å². The van der Waals surface area contributed by atoms with Crippen molar-refractivity contribution in [2.75, 3.05) is 11.9 Å². The highest BCUT2D eigenvalue weighted by molar-refractivity contribution is 9.10. The first-order valence-corrected chi connectivity index (χ1v) is 7.19.